The molecule has 156 valence electrons. The molecule has 0 bridgehead atoms. The molecule has 5 nitrogen and oxygen atoms in total. The highest BCUT2D eigenvalue weighted by molar-refractivity contribution is 5.99. The van der Waals surface area contributed by atoms with Gasteiger partial charge in [-0.05, 0) is 55.2 Å². The quantitative estimate of drug-likeness (QED) is 0.629. The summed E-state index contributed by atoms with van der Waals surface area (Å²) in [4.78, 5) is 23.3. The summed E-state index contributed by atoms with van der Waals surface area (Å²) in [6.45, 7) is 0.750. The molecule has 3 aromatic rings. The van der Waals surface area contributed by atoms with Gasteiger partial charge in [0, 0.05) is 43.3 Å². The van der Waals surface area contributed by atoms with Gasteiger partial charge in [0.25, 0.3) is 5.91 Å². The number of nitriles is 1. The first-order chi connectivity index (χ1) is 15.0. The highest BCUT2D eigenvalue weighted by Crippen LogP contribution is 2.36. The third kappa shape index (κ3) is 4.29. The zero-order valence-corrected chi connectivity index (χ0v) is 16.8. The van der Waals surface area contributed by atoms with E-state index in [4.69, 9.17) is 0 Å². The second-order valence-electron chi connectivity index (χ2n) is 7.73. The number of nitrogens with zero attached hydrogens (tertiary/aromatic N) is 4. The molecule has 1 aliphatic heterocycles. The predicted molar refractivity (Wildman–Crippen MR) is 111 cm³/mol. The Balaban J connectivity index is 1.51. The van der Waals surface area contributed by atoms with Crippen molar-refractivity contribution in [1.29, 1.82) is 5.26 Å². The average molecular weight is 418 g/mol. The first-order valence-corrected chi connectivity index (χ1v) is 10.0. The zero-order valence-electron chi connectivity index (χ0n) is 16.8. The number of aromatic nitrogens is 2. The fraction of sp³-hybridized carbons (Fsp3) is 0.250. The Morgan fingerprint density at radius 2 is 1.84 bits per heavy atom. The van der Waals surface area contributed by atoms with Crippen molar-refractivity contribution < 1.29 is 13.6 Å². The van der Waals surface area contributed by atoms with E-state index in [0.29, 0.717) is 42.8 Å². The van der Waals surface area contributed by atoms with Crippen molar-refractivity contribution in [3.05, 3.63) is 83.8 Å². The highest BCUT2D eigenvalue weighted by atomic mass is 19.1. The monoisotopic (exact) mass is 418 g/mol. The molecule has 4 rings (SSSR count). The van der Waals surface area contributed by atoms with Crippen molar-refractivity contribution >= 4 is 5.91 Å². The molecule has 1 aromatic carbocycles. The van der Waals surface area contributed by atoms with Crippen molar-refractivity contribution in [3.8, 4) is 17.3 Å². The van der Waals surface area contributed by atoms with Gasteiger partial charge in [0.15, 0.2) is 0 Å². The molecule has 1 amide bonds. The molecule has 1 saturated heterocycles. The molecule has 3 heterocycles. The van der Waals surface area contributed by atoms with Crippen LogP contribution < -0.4 is 0 Å². The fourth-order valence-electron chi connectivity index (χ4n) is 3.98. The van der Waals surface area contributed by atoms with Crippen LogP contribution in [0, 0.1) is 28.4 Å². The molecule has 0 unspecified atom stereocenters. The second kappa shape index (κ2) is 8.60. The van der Waals surface area contributed by atoms with Crippen LogP contribution >= 0.6 is 0 Å². The zero-order chi connectivity index (χ0) is 21.8. The molecule has 0 radical (unpaired) electrons. The average Bonchev–Trinajstić information content (AvgIpc) is 2.81. The lowest BCUT2D eigenvalue weighted by Gasteiger charge is -2.37. The van der Waals surface area contributed by atoms with Gasteiger partial charge in [0.2, 0.25) is 0 Å². The summed E-state index contributed by atoms with van der Waals surface area (Å²) in [5.74, 6) is -1.45. The van der Waals surface area contributed by atoms with E-state index >= 15 is 0 Å². The van der Waals surface area contributed by atoms with E-state index in [1.165, 1.54) is 12.1 Å². The van der Waals surface area contributed by atoms with E-state index in [0.717, 1.165) is 11.6 Å². The minimum absolute atomic E-state index is 0.153. The lowest BCUT2D eigenvalue weighted by Crippen LogP contribution is -2.43. The Labute approximate surface area is 179 Å². The molecule has 7 heteroatoms. The van der Waals surface area contributed by atoms with Crippen LogP contribution in [0.25, 0.3) is 11.3 Å². The van der Waals surface area contributed by atoms with Crippen LogP contribution in [0.4, 0.5) is 8.78 Å². The van der Waals surface area contributed by atoms with Gasteiger partial charge >= 0.3 is 0 Å². The maximum atomic E-state index is 14.1. The molecular formula is C24H20F2N4O. The maximum absolute atomic E-state index is 14.1. The lowest BCUT2D eigenvalue weighted by molar-refractivity contribution is 0.0647. The van der Waals surface area contributed by atoms with E-state index in [1.54, 1.807) is 47.8 Å². The minimum atomic E-state index is -0.793. The summed E-state index contributed by atoms with van der Waals surface area (Å²) in [6, 6.07) is 12.8. The maximum Gasteiger partial charge on any atom is 0.256 e. The highest BCUT2D eigenvalue weighted by Gasteiger charge is 2.37. The summed E-state index contributed by atoms with van der Waals surface area (Å²) in [5, 5.41) is 9.82. The summed E-state index contributed by atoms with van der Waals surface area (Å²) < 4.78 is 27.3. The van der Waals surface area contributed by atoms with Crippen molar-refractivity contribution in [2.24, 2.45) is 5.41 Å². The Kier molecular flexibility index (Phi) is 5.72. The molecule has 31 heavy (non-hydrogen) atoms. The van der Waals surface area contributed by atoms with Crippen LogP contribution in [0.2, 0.25) is 0 Å². The molecule has 1 aliphatic rings. The number of hydrogen-bond acceptors (Lipinski definition) is 4. The molecule has 0 aliphatic carbocycles. The van der Waals surface area contributed by atoms with E-state index in [1.807, 2.05) is 0 Å². The van der Waals surface area contributed by atoms with Gasteiger partial charge < -0.3 is 4.90 Å². The Bertz CT molecular complexity index is 1140. The third-order valence-electron chi connectivity index (χ3n) is 5.78. The number of pyridine rings is 2. The van der Waals surface area contributed by atoms with Crippen molar-refractivity contribution in [3.63, 3.8) is 0 Å². The van der Waals surface area contributed by atoms with Gasteiger partial charge in [-0.25, -0.2) is 8.78 Å². The Morgan fingerprint density at radius 1 is 1.10 bits per heavy atom. The number of rotatable bonds is 4. The van der Waals surface area contributed by atoms with Crippen LogP contribution in [0.1, 0.15) is 28.8 Å². The first-order valence-electron chi connectivity index (χ1n) is 10.0. The van der Waals surface area contributed by atoms with E-state index in [-0.39, 0.29) is 12.3 Å². The number of piperidine rings is 1. The Hall–Kier alpha value is -3.66. The van der Waals surface area contributed by atoms with E-state index < -0.39 is 17.0 Å². The molecule has 0 N–H and O–H groups in total. The molecule has 0 atom stereocenters. The fourth-order valence-corrected chi connectivity index (χ4v) is 3.98. The molecular weight excluding hydrogens is 398 g/mol. The standard InChI is InChI=1S/C24H20F2N4O/c25-19-4-3-18(21(26)14-19)15-24(16-27)7-12-30(13-8-24)23(31)20-2-1-9-29-22(20)17-5-10-28-11-6-17/h1-6,9-11,14H,7-8,12-13,15H2. The number of halogens is 2. The molecule has 0 saturated carbocycles. The van der Waals surface area contributed by atoms with Gasteiger partial charge in [-0.15, -0.1) is 0 Å². The van der Waals surface area contributed by atoms with Crippen LogP contribution in [0.15, 0.2) is 61.1 Å². The molecule has 2 aromatic heterocycles. The van der Waals surface area contributed by atoms with Crippen LogP contribution in [0.5, 0.6) is 0 Å². The van der Waals surface area contributed by atoms with Gasteiger partial charge in [-0.3, -0.25) is 14.8 Å². The molecule has 1 fully saturated rings. The van der Waals surface area contributed by atoms with E-state index in [9.17, 15) is 18.8 Å². The van der Waals surface area contributed by atoms with Gasteiger partial charge in [-0.2, -0.15) is 5.26 Å². The number of amides is 1. The van der Waals surface area contributed by atoms with Gasteiger partial charge in [-0.1, -0.05) is 6.07 Å². The SMILES string of the molecule is N#CC1(Cc2ccc(F)cc2F)CCN(C(=O)c2cccnc2-c2ccncc2)CC1. The number of benzene rings is 1. The number of likely N-dealkylation sites (tertiary alicyclic amines) is 1. The summed E-state index contributed by atoms with van der Waals surface area (Å²) in [6.07, 6.45) is 5.95. The van der Waals surface area contributed by atoms with Crippen molar-refractivity contribution in [2.45, 2.75) is 19.3 Å². The summed E-state index contributed by atoms with van der Waals surface area (Å²) in [7, 11) is 0. The smallest absolute Gasteiger partial charge is 0.256 e. The van der Waals surface area contributed by atoms with Crippen molar-refractivity contribution in [1.82, 2.24) is 14.9 Å². The Morgan fingerprint density at radius 3 is 2.52 bits per heavy atom. The van der Waals surface area contributed by atoms with Crippen LogP contribution in [-0.2, 0) is 6.42 Å². The normalized spacial score (nSPS) is 15.3. The summed E-state index contributed by atoms with van der Waals surface area (Å²) in [5.41, 5.74) is 1.39. The number of carbonyl (C=O) groups is 1. The topological polar surface area (TPSA) is 69.9 Å². The summed E-state index contributed by atoms with van der Waals surface area (Å²) >= 11 is 0. The second-order valence-corrected chi connectivity index (χ2v) is 7.73. The molecule has 0 spiro atoms. The van der Waals surface area contributed by atoms with E-state index in [2.05, 4.69) is 16.0 Å². The third-order valence-corrected chi connectivity index (χ3v) is 5.78. The van der Waals surface area contributed by atoms with Gasteiger partial charge in [0.1, 0.15) is 11.6 Å². The minimum Gasteiger partial charge on any atom is -0.338 e. The van der Waals surface area contributed by atoms with Crippen molar-refractivity contribution in [2.75, 3.05) is 13.1 Å². The van der Waals surface area contributed by atoms with Crippen LogP contribution in [-0.4, -0.2) is 33.9 Å². The lowest BCUT2D eigenvalue weighted by atomic mass is 9.75. The van der Waals surface area contributed by atoms with Crippen LogP contribution in [0.3, 0.4) is 0 Å². The largest absolute Gasteiger partial charge is 0.338 e. The van der Waals surface area contributed by atoms with Gasteiger partial charge in [0.05, 0.1) is 22.7 Å². The number of hydrogen-bond donors (Lipinski definition) is 0. The number of carbonyl (C=O) groups excluding carboxylic acids is 1. The predicted octanol–water partition coefficient (Wildman–Crippen LogP) is 4.41. The first kappa shape index (κ1) is 20.6.